The Morgan fingerprint density at radius 2 is 2.06 bits per heavy atom. The second-order valence-electron chi connectivity index (χ2n) is 3.61. The minimum absolute atomic E-state index is 0.298. The maximum Gasteiger partial charge on any atom is 0.125 e. The zero-order valence-electron chi connectivity index (χ0n) is 8.84. The standard InChI is InChI=1S/C12H10BrClFNS/c13-9-3-12(17-7-9)6-16-5-8-1-10(14)4-11(15)2-8/h1-4,7,16H,5-6H2. The first kappa shape index (κ1) is 13.0. The van der Waals surface area contributed by atoms with Crippen LogP contribution in [0.25, 0.3) is 0 Å². The van der Waals surface area contributed by atoms with E-state index in [0.29, 0.717) is 11.6 Å². The molecule has 0 amide bonds. The number of nitrogens with one attached hydrogen (secondary N) is 1. The van der Waals surface area contributed by atoms with Crippen molar-refractivity contribution in [2.45, 2.75) is 13.1 Å². The highest BCUT2D eigenvalue weighted by atomic mass is 79.9. The molecule has 0 spiro atoms. The Morgan fingerprint density at radius 1 is 1.24 bits per heavy atom. The number of benzene rings is 1. The van der Waals surface area contributed by atoms with E-state index < -0.39 is 0 Å². The molecule has 0 radical (unpaired) electrons. The van der Waals surface area contributed by atoms with Gasteiger partial charge >= 0.3 is 0 Å². The first-order valence-corrected chi connectivity index (χ1v) is 7.07. The summed E-state index contributed by atoms with van der Waals surface area (Å²) < 4.78 is 14.2. The van der Waals surface area contributed by atoms with Crippen LogP contribution in [0.3, 0.4) is 0 Å². The maximum atomic E-state index is 13.1. The van der Waals surface area contributed by atoms with Crippen LogP contribution in [0.2, 0.25) is 5.02 Å². The predicted octanol–water partition coefficient (Wildman–Crippen LogP) is 4.59. The van der Waals surface area contributed by atoms with Gasteiger partial charge in [0.15, 0.2) is 0 Å². The van der Waals surface area contributed by atoms with Crippen LogP contribution in [-0.4, -0.2) is 0 Å². The maximum absolute atomic E-state index is 13.1. The van der Waals surface area contributed by atoms with Gasteiger partial charge in [-0.3, -0.25) is 0 Å². The van der Waals surface area contributed by atoms with Crippen molar-refractivity contribution in [1.82, 2.24) is 5.32 Å². The largest absolute Gasteiger partial charge is 0.308 e. The third-order valence-corrected chi connectivity index (χ3v) is 4.09. The van der Waals surface area contributed by atoms with Gasteiger partial charge in [0.25, 0.3) is 0 Å². The summed E-state index contributed by atoms with van der Waals surface area (Å²) in [5.41, 5.74) is 0.852. The van der Waals surface area contributed by atoms with Crippen molar-refractivity contribution in [3.8, 4) is 0 Å². The van der Waals surface area contributed by atoms with E-state index in [9.17, 15) is 4.39 Å². The normalized spacial score (nSPS) is 10.8. The smallest absolute Gasteiger partial charge is 0.125 e. The van der Waals surface area contributed by atoms with Gasteiger partial charge in [-0.2, -0.15) is 0 Å². The van der Waals surface area contributed by atoms with E-state index in [1.165, 1.54) is 17.0 Å². The van der Waals surface area contributed by atoms with E-state index in [2.05, 4.69) is 27.3 Å². The SMILES string of the molecule is Fc1cc(Cl)cc(CNCc2cc(Br)cs2)c1. The average Bonchev–Trinajstić information content (AvgIpc) is 2.63. The molecule has 0 atom stereocenters. The number of hydrogen-bond donors (Lipinski definition) is 1. The number of rotatable bonds is 4. The molecule has 1 heterocycles. The van der Waals surface area contributed by atoms with Crippen LogP contribution < -0.4 is 5.32 Å². The van der Waals surface area contributed by atoms with Gasteiger partial charge in [0.05, 0.1) is 0 Å². The quantitative estimate of drug-likeness (QED) is 0.862. The Bertz CT molecular complexity index is 495. The Labute approximate surface area is 117 Å². The van der Waals surface area contributed by atoms with Crippen molar-refractivity contribution in [3.05, 3.63) is 55.4 Å². The van der Waals surface area contributed by atoms with E-state index >= 15 is 0 Å². The summed E-state index contributed by atoms with van der Waals surface area (Å²) in [6.45, 7) is 1.37. The van der Waals surface area contributed by atoms with E-state index in [1.807, 2.05) is 5.38 Å². The monoisotopic (exact) mass is 333 g/mol. The summed E-state index contributed by atoms with van der Waals surface area (Å²) in [5.74, 6) is -0.298. The highest BCUT2D eigenvalue weighted by Crippen LogP contribution is 2.19. The van der Waals surface area contributed by atoms with Gasteiger partial charge in [0.2, 0.25) is 0 Å². The van der Waals surface area contributed by atoms with Crippen molar-refractivity contribution in [2.75, 3.05) is 0 Å². The van der Waals surface area contributed by atoms with E-state index in [4.69, 9.17) is 11.6 Å². The summed E-state index contributed by atoms with van der Waals surface area (Å²) in [7, 11) is 0. The van der Waals surface area contributed by atoms with Crippen LogP contribution in [0.15, 0.2) is 34.1 Å². The molecule has 0 aliphatic rings. The molecule has 1 nitrogen and oxygen atoms in total. The summed E-state index contributed by atoms with van der Waals surface area (Å²) in [6, 6.07) is 6.63. The number of hydrogen-bond acceptors (Lipinski definition) is 2. The highest BCUT2D eigenvalue weighted by Gasteiger charge is 2.00. The minimum atomic E-state index is -0.298. The Balaban J connectivity index is 1.89. The van der Waals surface area contributed by atoms with Crippen molar-refractivity contribution < 1.29 is 4.39 Å². The van der Waals surface area contributed by atoms with Crippen molar-refractivity contribution in [2.24, 2.45) is 0 Å². The summed E-state index contributed by atoms with van der Waals surface area (Å²) in [4.78, 5) is 1.24. The Hall–Kier alpha value is -0.420. The predicted molar refractivity (Wildman–Crippen MR) is 74.0 cm³/mol. The lowest BCUT2D eigenvalue weighted by atomic mass is 10.2. The number of halogens is 3. The summed E-state index contributed by atoms with van der Waals surface area (Å²) in [5, 5.41) is 5.72. The van der Waals surface area contributed by atoms with Crippen LogP contribution >= 0.6 is 38.9 Å². The lowest BCUT2D eigenvalue weighted by molar-refractivity contribution is 0.620. The Morgan fingerprint density at radius 3 is 2.71 bits per heavy atom. The second kappa shape index (κ2) is 5.96. The molecule has 5 heteroatoms. The van der Waals surface area contributed by atoms with Crippen LogP contribution in [-0.2, 0) is 13.1 Å². The van der Waals surface area contributed by atoms with Crippen molar-refractivity contribution in [3.63, 3.8) is 0 Å². The molecule has 17 heavy (non-hydrogen) atoms. The first-order chi connectivity index (χ1) is 8.13. The second-order valence-corrected chi connectivity index (χ2v) is 5.96. The topological polar surface area (TPSA) is 12.0 Å². The first-order valence-electron chi connectivity index (χ1n) is 5.02. The fraction of sp³-hybridized carbons (Fsp3) is 0.167. The molecule has 2 aromatic rings. The molecule has 0 bridgehead atoms. The molecular formula is C12H10BrClFNS. The molecule has 1 aromatic carbocycles. The lowest BCUT2D eigenvalue weighted by Crippen LogP contribution is -2.11. The highest BCUT2D eigenvalue weighted by molar-refractivity contribution is 9.10. The molecule has 2 rings (SSSR count). The van der Waals surface area contributed by atoms with Crippen LogP contribution in [0.4, 0.5) is 4.39 Å². The average molecular weight is 335 g/mol. The van der Waals surface area contributed by atoms with Gasteiger partial charge in [-0.05, 0) is 45.8 Å². The summed E-state index contributed by atoms with van der Waals surface area (Å²) >= 11 is 10.9. The zero-order chi connectivity index (χ0) is 12.3. The summed E-state index contributed by atoms with van der Waals surface area (Å²) in [6.07, 6.45) is 0. The van der Waals surface area contributed by atoms with Gasteiger partial charge in [-0.1, -0.05) is 11.6 Å². The molecule has 0 aliphatic carbocycles. The molecule has 0 fully saturated rings. The van der Waals surface area contributed by atoms with Gasteiger partial charge < -0.3 is 5.32 Å². The fourth-order valence-corrected chi connectivity index (χ4v) is 3.15. The lowest BCUT2D eigenvalue weighted by Gasteiger charge is -2.04. The molecule has 90 valence electrons. The molecule has 1 N–H and O–H groups in total. The van der Waals surface area contributed by atoms with E-state index in [-0.39, 0.29) is 5.82 Å². The molecule has 0 aliphatic heterocycles. The van der Waals surface area contributed by atoms with Gasteiger partial charge in [-0.25, -0.2) is 4.39 Å². The van der Waals surface area contributed by atoms with Gasteiger partial charge in [0.1, 0.15) is 5.82 Å². The van der Waals surface area contributed by atoms with Crippen LogP contribution in [0, 0.1) is 5.82 Å². The van der Waals surface area contributed by atoms with Gasteiger partial charge in [0, 0.05) is 32.8 Å². The van der Waals surface area contributed by atoms with E-state index in [0.717, 1.165) is 16.6 Å². The molecule has 0 saturated carbocycles. The van der Waals surface area contributed by atoms with Crippen LogP contribution in [0.1, 0.15) is 10.4 Å². The molecular weight excluding hydrogens is 325 g/mol. The molecule has 1 aromatic heterocycles. The molecule has 0 saturated heterocycles. The minimum Gasteiger partial charge on any atom is -0.308 e. The van der Waals surface area contributed by atoms with E-state index in [1.54, 1.807) is 17.4 Å². The van der Waals surface area contributed by atoms with Crippen molar-refractivity contribution >= 4 is 38.9 Å². The third kappa shape index (κ3) is 4.07. The number of thiophene rings is 1. The Kier molecular flexibility index (Phi) is 4.56. The van der Waals surface area contributed by atoms with Gasteiger partial charge in [-0.15, -0.1) is 11.3 Å². The van der Waals surface area contributed by atoms with Crippen LogP contribution in [0.5, 0.6) is 0 Å². The fourth-order valence-electron chi connectivity index (χ4n) is 1.49. The van der Waals surface area contributed by atoms with Crippen molar-refractivity contribution in [1.29, 1.82) is 0 Å². The third-order valence-electron chi connectivity index (χ3n) is 2.17. The molecule has 0 unspecified atom stereocenters. The zero-order valence-corrected chi connectivity index (χ0v) is 12.0.